The number of halogens is 2. The number of alkyl halides is 2. The Bertz CT molecular complexity index is 404. The van der Waals surface area contributed by atoms with Crippen LogP contribution in [0.15, 0.2) is 18.2 Å². The normalized spacial score (nSPS) is 10.2. The highest BCUT2D eigenvalue weighted by Crippen LogP contribution is 2.20. The van der Waals surface area contributed by atoms with E-state index >= 15 is 0 Å². The molecule has 0 heterocycles. The van der Waals surface area contributed by atoms with Crippen LogP contribution in [0.1, 0.15) is 15.9 Å². The van der Waals surface area contributed by atoms with Crippen LogP contribution in [0.4, 0.5) is 5.69 Å². The first-order valence-electron chi connectivity index (χ1n) is 5.70. The number of carbonyl (C=O) groups is 1. The van der Waals surface area contributed by atoms with Gasteiger partial charge in [-0.3, -0.25) is 0 Å². The van der Waals surface area contributed by atoms with Gasteiger partial charge in [0, 0.05) is 30.5 Å². The number of rotatable bonds is 6. The molecule has 0 radical (unpaired) electrons. The molecule has 0 aliphatic rings. The highest BCUT2D eigenvalue weighted by Gasteiger charge is 2.12. The van der Waals surface area contributed by atoms with E-state index in [2.05, 4.69) is 0 Å². The van der Waals surface area contributed by atoms with E-state index in [0.717, 1.165) is 11.3 Å². The summed E-state index contributed by atoms with van der Waals surface area (Å²) >= 11 is 11.5. The summed E-state index contributed by atoms with van der Waals surface area (Å²) in [5.74, 6) is 0.697. The third kappa shape index (κ3) is 3.79. The minimum absolute atomic E-state index is 0.328. The van der Waals surface area contributed by atoms with Crippen LogP contribution in [0.2, 0.25) is 0 Å². The first-order chi connectivity index (χ1) is 8.63. The Morgan fingerprint density at radius 3 is 2.39 bits per heavy atom. The number of methoxy groups -OCH3 is 1. The van der Waals surface area contributed by atoms with Gasteiger partial charge in [0.15, 0.2) is 0 Å². The molecule has 0 amide bonds. The number of esters is 1. The topological polar surface area (TPSA) is 29.5 Å². The van der Waals surface area contributed by atoms with Gasteiger partial charge in [-0.25, -0.2) is 4.79 Å². The van der Waals surface area contributed by atoms with E-state index in [-0.39, 0.29) is 5.97 Å². The van der Waals surface area contributed by atoms with Gasteiger partial charge in [0.25, 0.3) is 0 Å². The van der Waals surface area contributed by atoms with E-state index < -0.39 is 0 Å². The zero-order valence-corrected chi connectivity index (χ0v) is 12.1. The summed E-state index contributed by atoms with van der Waals surface area (Å²) in [5, 5.41) is 0. The summed E-state index contributed by atoms with van der Waals surface area (Å²) in [7, 11) is 1.38. The van der Waals surface area contributed by atoms with Gasteiger partial charge in [0.1, 0.15) is 0 Å². The number of benzene rings is 1. The molecule has 0 saturated carbocycles. The van der Waals surface area contributed by atoms with Gasteiger partial charge in [-0.15, -0.1) is 23.2 Å². The summed E-state index contributed by atoms with van der Waals surface area (Å²) in [5.41, 5.74) is 2.40. The van der Waals surface area contributed by atoms with Crippen LogP contribution in [0.5, 0.6) is 0 Å². The summed E-state index contributed by atoms with van der Waals surface area (Å²) in [4.78, 5) is 13.7. The third-order valence-electron chi connectivity index (χ3n) is 2.70. The lowest BCUT2D eigenvalue weighted by molar-refractivity contribution is 0.0600. The van der Waals surface area contributed by atoms with E-state index in [1.54, 1.807) is 0 Å². The molecule has 0 N–H and O–H groups in total. The van der Waals surface area contributed by atoms with Crippen LogP contribution in [0.25, 0.3) is 0 Å². The number of aryl methyl sites for hydroxylation is 1. The molecule has 0 aliphatic heterocycles. The summed E-state index contributed by atoms with van der Waals surface area (Å²) < 4.78 is 4.76. The van der Waals surface area contributed by atoms with Gasteiger partial charge >= 0.3 is 5.97 Å². The smallest absolute Gasteiger partial charge is 0.338 e. The summed E-state index contributed by atoms with van der Waals surface area (Å²) in [6, 6.07) is 5.68. The Kier molecular flexibility index (Phi) is 6.30. The molecule has 0 fully saturated rings. The van der Waals surface area contributed by atoms with Crippen molar-refractivity contribution in [2.75, 3.05) is 36.9 Å². The number of nitrogens with zero attached hydrogens (tertiary/aromatic N) is 1. The zero-order chi connectivity index (χ0) is 13.5. The Labute approximate surface area is 118 Å². The second-order valence-corrected chi connectivity index (χ2v) is 4.61. The predicted octanol–water partition coefficient (Wildman–Crippen LogP) is 3.07. The maximum Gasteiger partial charge on any atom is 0.338 e. The maximum absolute atomic E-state index is 11.6. The van der Waals surface area contributed by atoms with Crippen molar-refractivity contribution in [2.24, 2.45) is 0 Å². The van der Waals surface area contributed by atoms with Crippen LogP contribution in [0.3, 0.4) is 0 Å². The van der Waals surface area contributed by atoms with Crippen LogP contribution >= 0.6 is 23.2 Å². The highest BCUT2D eigenvalue weighted by molar-refractivity contribution is 6.18. The first kappa shape index (κ1) is 15.1. The molecule has 0 unspecified atom stereocenters. The SMILES string of the molecule is COC(=O)c1cc(N(CCCl)CCCl)ccc1C. The number of anilines is 1. The minimum Gasteiger partial charge on any atom is -0.465 e. The lowest BCUT2D eigenvalue weighted by atomic mass is 10.1. The second kappa shape index (κ2) is 7.49. The van der Waals surface area contributed by atoms with Crippen LogP contribution in [0, 0.1) is 6.92 Å². The van der Waals surface area contributed by atoms with Crippen molar-refractivity contribution < 1.29 is 9.53 Å². The van der Waals surface area contributed by atoms with Gasteiger partial charge < -0.3 is 9.64 Å². The van der Waals surface area contributed by atoms with E-state index in [1.165, 1.54) is 7.11 Å². The van der Waals surface area contributed by atoms with E-state index in [9.17, 15) is 4.79 Å². The molecule has 0 atom stereocenters. The molecule has 0 saturated heterocycles. The fourth-order valence-electron chi connectivity index (χ4n) is 1.71. The van der Waals surface area contributed by atoms with Crippen molar-refractivity contribution in [2.45, 2.75) is 6.92 Å². The van der Waals surface area contributed by atoms with Crippen LogP contribution in [-0.2, 0) is 4.74 Å². The third-order valence-corrected chi connectivity index (χ3v) is 3.04. The van der Waals surface area contributed by atoms with Crippen molar-refractivity contribution in [1.29, 1.82) is 0 Å². The van der Waals surface area contributed by atoms with Crippen molar-refractivity contribution in [1.82, 2.24) is 0 Å². The predicted molar refractivity (Wildman–Crippen MR) is 76.2 cm³/mol. The minimum atomic E-state index is -0.328. The average molecular weight is 290 g/mol. The molecule has 3 nitrogen and oxygen atoms in total. The Morgan fingerprint density at radius 2 is 1.89 bits per heavy atom. The molecular formula is C13H17Cl2NO2. The number of carbonyl (C=O) groups excluding carboxylic acids is 1. The van der Waals surface area contributed by atoms with Crippen LogP contribution in [-0.4, -0.2) is 37.9 Å². The molecule has 0 aliphatic carbocycles. The largest absolute Gasteiger partial charge is 0.465 e. The van der Waals surface area contributed by atoms with Crippen molar-refractivity contribution >= 4 is 34.9 Å². The lowest BCUT2D eigenvalue weighted by Gasteiger charge is -2.23. The fourth-order valence-corrected chi connectivity index (χ4v) is 2.12. The molecule has 1 aromatic rings. The quantitative estimate of drug-likeness (QED) is 0.595. The molecular weight excluding hydrogens is 273 g/mol. The Balaban J connectivity index is 3.04. The van der Waals surface area contributed by atoms with Crippen molar-refractivity contribution in [3.63, 3.8) is 0 Å². The summed E-state index contributed by atoms with van der Waals surface area (Å²) in [6.07, 6.45) is 0. The lowest BCUT2D eigenvalue weighted by Crippen LogP contribution is -2.27. The monoisotopic (exact) mass is 289 g/mol. The Morgan fingerprint density at radius 1 is 1.28 bits per heavy atom. The van der Waals surface area contributed by atoms with Crippen molar-refractivity contribution in [3.8, 4) is 0 Å². The number of ether oxygens (including phenoxy) is 1. The second-order valence-electron chi connectivity index (χ2n) is 3.86. The van der Waals surface area contributed by atoms with Crippen molar-refractivity contribution in [3.05, 3.63) is 29.3 Å². The van der Waals surface area contributed by atoms with Gasteiger partial charge in [0.05, 0.1) is 12.7 Å². The number of hydrogen-bond donors (Lipinski definition) is 0. The van der Waals surface area contributed by atoms with E-state index in [4.69, 9.17) is 27.9 Å². The van der Waals surface area contributed by atoms with Gasteiger partial charge in [-0.05, 0) is 24.6 Å². The van der Waals surface area contributed by atoms with E-state index in [0.29, 0.717) is 30.4 Å². The van der Waals surface area contributed by atoms with E-state index in [1.807, 2.05) is 30.0 Å². The molecule has 1 rings (SSSR count). The molecule has 1 aromatic carbocycles. The number of hydrogen-bond acceptors (Lipinski definition) is 3. The molecule has 100 valence electrons. The van der Waals surface area contributed by atoms with Gasteiger partial charge in [-0.1, -0.05) is 6.07 Å². The molecule has 5 heteroatoms. The molecule has 18 heavy (non-hydrogen) atoms. The highest BCUT2D eigenvalue weighted by atomic mass is 35.5. The average Bonchev–Trinajstić information content (AvgIpc) is 2.38. The fraction of sp³-hybridized carbons (Fsp3) is 0.462. The molecule has 0 bridgehead atoms. The molecule has 0 spiro atoms. The van der Waals surface area contributed by atoms with Gasteiger partial charge in [0.2, 0.25) is 0 Å². The Hall–Kier alpha value is -0.930. The molecule has 0 aromatic heterocycles. The van der Waals surface area contributed by atoms with Crippen LogP contribution < -0.4 is 4.90 Å². The standard InChI is InChI=1S/C13H17Cl2NO2/c1-10-3-4-11(9-12(10)13(17)18-2)16(7-5-14)8-6-15/h3-4,9H,5-8H2,1-2H3. The zero-order valence-electron chi connectivity index (χ0n) is 10.6. The first-order valence-corrected chi connectivity index (χ1v) is 6.76. The van der Waals surface area contributed by atoms with Gasteiger partial charge in [-0.2, -0.15) is 0 Å². The summed E-state index contributed by atoms with van der Waals surface area (Å²) in [6.45, 7) is 3.26. The maximum atomic E-state index is 11.6.